The number of rotatable bonds is 3. The molecule has 2 rings (SSSR count). The molecule has 1 aromatic carbocycles. The molecular formula is C15H14O7. The summed E-state index contributed by atoms with van der Waals surface area (Å²) in [5, 5.41) is 19.9. The molecule has 22 heavy (non-hydrogen) atoms. The van der Waals surface area contributed by atoms with Crippen molar-refractivity contribution in [1.82, 2.24) is 0 Å². The van der Waals surface area contributed by atoms with Crippen molar-refractivity contribution >= 4 is 11.9 Å². The first-order chi connectivity index (χ1) is 10.3. The van der Waals surface area contributed by atoms with E-state index in [1.54, 1.807) is 5.92 Å². The Morgan fingerprint density at radius 2 is 2.18 bits per heavy atom. The lowest BCUT2D eigenvalue weighted by molar-refractivity contribution is -0.155. The SMILES string of the molecule is C#CC(=O)Oc1ccc([C@@H]2OC(=O)[C@](C)(O)[C@H]2O)c(OC)c1. The normalized spacial score (nSPS) is 27.0. The number of aliphatic hydroxyl groups is 2. The molecule has 1 saturated heterocycles. The maximum Gasteiger partial charge on any atom is 0.389 e. The second-order valence-corrected chi connectivity index (χ2v) is 4.86. The van der Waals surface area contributed by atoms with Gasteiger partial charge in [-0.15, -0.1) is 6.42 Å². The maximum atomic E-state index is 11.6. The van der Waals surface area contributed by atoms with Gasteiger partial charge in [-0.3, -0.25) is 0 Å². The number of methoxy groups -OCH3 is 1. The molecule has 1 fully saturated rings. The first-order valence-corrected chi connectivity index (χ1v) is 6.29. The van der Waals surface area contributed by atoms with Crippen molar-refractivity contribution in [2.45, 2.75) is 24.7 Å². The first-order valence-electron chi connectivity index (χ1n) is 6.29. The molecule has 7 nitrogen and oxygen atoms in total. The minimum absolute atomic E-state index is 0.133. The molecular weight excluding hydrogens is 292 g/mol. The average Bonchev–Trinajstić information content (AvgIpc) is 2.70. The smallest absolute Gasteiger partial charge is 0.389 e. The lowest BCUT2D eigenvalue weighted by atomic mass is 9.94. The maximum absolute atomic E-state index is 11.6. The fourth-order valence-electron chi connectivity index (χ4n) is 2.07. The van der Waals surface area contributed by atoms with Gasteiger partial charge in [0, 0.05) is 17.6 Å². The molecule has 3 atom stereocenters. The zero-order chi connectivity index (χ0) is 16.5. The average molecular weight is 306 g/mol. The number of cyclic esters (lactones) is 1. The van der Waals surface area contributed by atoms with Gasteiger partial charge >= 0.3 is 11.9 Å². The summed E-state index contributed by atoms with van der Waals surface area (Å²) in [6, 6.07) is 4.21. The van der Waals surface area contributed by atoms with E-state index in [2.05, 4.69) is 0 Å². The van der Waals surface area contributed by atoms with Crippen LogP contribution < -0.4 is 9.47 Å². The molecule has 0 aliphatic carbocycles. The number of hydrogen-bond donors (Lipinski definition) is 2. The van der Waals surface area contributed by atoms with Gasteiger partial charge in [0.1, 0.15) is 17.6 Å². The van der Waals surface area contributed by atoms with E-state index in [4.69, 9.17) is 20.6 Å². The van der Waals surface area contributed by atoms with E-state index in [1.165, 1.54) is 25.3 Å². The Kier molecular flexibility index (Phi) is 4.08. The first kappa shape index (κ1) is 15.8. The Morgan fingerprint density at radius 3 is 2.68 bits per heavy atom. The van der Waals surface area contributed by atoms with Gasteiger partial charge in [-0.1, -0.05) is 0 Å². The molecule has 1 aromatic rings. The van der Waals surface area contributed by atoms with Crippen LogP contribution >= 0.6 is 0 Å². The molecule has 0 amide bonds. The van der Waals surface area contributed by atoms with Crippen molar-refractivity contribution < 1.29 is 34.0 Å². The van der Waals surface area contributed by atoms with Gasteiger partial charge in [-0.2, -0.15) is 0 Å². The molecule has 1 aliphatic heterocycles. The number of ether oxygens (including phenoxy) is 3. The molecule has 1 aliphatic rings. The third-order valence-electron chi connectivity index (χ3n) is 3.35. The number of aliphatic hydroxyl groups excluding tert-OH is 1. The molecule has 0 saturated carbocycles. The highest BCUT2D eigenvalue weighted by atomic mass is 16.6. The molecule has 2 N–H and O–H groups in total. The van der Waals surface area contributed by atoms with Crippen LogP contribution in [-0.4, -0.2) is 41.0 Å². The van der Waals surface area contributed by atoms with Gasteiger partial charge in [-0.05, 0) is 19.1 Å². The minimum Gasteiger partial charge on any atom is -0.496 e. The quantitative estimate of drug-likeness (QED) is 0.349. The predicted octanol–water partition coefficient (Wildman–Crippen LogP) is -0.0564. The van der Waals surface area contributed by atoms with Gasteiger partial charge in [-0.25, -0.2) is 9.59 Å². The highest BCUT2D eigenvalue weighted by Crippen LogP contribution is 2.41. The Morgan fingerprint density at radius 1 is 1.50 bits per heavy atom. The summed E-state index contributed by atoms with van der Waals surface area (Å²) in [7, 11) is 1.35. The van der Waals surface area contributed by atoms with Gasteiger partial charge in [0.05, 0.1) is 7.11 Å². The minimum atomic E-state index is -2.01. The number of hydrogen-bond acceptors (Lipinski definition) is 7. The Labute approximate surface area is 126 Å². The molecule has 0 spiro atoms. The molecule has 0 unspecified atom stereocenters. The van der Waals surface area contributed by atoms with E-state index in [0.29, 0.717) is 5.56 Å². The molecule has 0 aromatic heterocycles. The number of terminal acetylenes is 1. The third-order valence-corrected chi connectivity index (χ3v) is 3.35. The van der Waals surface area contributed by atoms with Crippen LogP contribution in [0.1, 0.15) is 18.6 Å². The van der Waals surface area contributed by atoms with Gasteiger partial charge in [0.15, 0.2) is 11.7 Å². The van der Waals surface area contributed by atoms with Crippen molar-refractivity contribution in [2.75, 3.05) is 7.11 Å². The summed E-state index contributed by atoms with van der Waals surface area (Å²) in [5.41, 5.74) is -1.69. The fraction of sp³-hybridized carbons (Fsp3) is 0.333. The summed E-state index contributed by atoms with van der Waals surface area (Å²) in [4.78, 5) is 22.6. The van der Waals surface area contributed by atoms with Crippen molar-refractivity contribution in [3.8, 4) is 23.8 Å². The van der Waals surface area contributed by atoms with E-state index in [1.807, 2.05) is 0 Å². The standard InChI is InChI=1S/C15H14O7/c1-4-11(16)21-8-5-6-9(10(7-8)20-3)12-13(17)15(2,19)14(18)22-12/h1,5-7,12-13,17,19H,2-3H3/t12-,13-,15+/m0/s1. The van der Waals surface area contributed by atoms with Crippen molar-refractivity contribution in [2.24, 2.45) is 0 Å². The number of esters is 2. The second kappa shape index (κ2) is 5.67. The van der Waals surface area contributed by atoms with E-state index < -0.39 is 29.7 Å². The van der Waals surface area contributed by atoms with Crippen molar-refractivity contribution in [3.63, 3.8) is 0 Å². The van der Waals surface area contributed by atoms with Gasteiger partial charge in [0.25, 0.3) is 0 Å². The number of carbonyl (C=O) groups is 2. The van der Waals surface area contributed by atoms with Gasteiger partial charge in [0.2, 0.25) is 0 Å². The summed E-state index contributed by atoms with van der Waals surface area (Å²) in [6.45, 7) is 1.16. The third kappa shape index (κ3) is 2.62. The molecule has 116 valence electrons. The van der Waals surface area contributed by atoms with Crippen LogP contribution in [0.25, 0.3) is 0 Å². The van der Waals surface area contributed by atoms with E-state index in [-0.39, 0.29) is 11.5 Å². The zero-order valence-electron chi connectivity index (χ0n) is 11.9. The second-order valence-electron chi connectivity index (χ2n) is 4.86. The van der Waals surface area contributed by atoms with Crippen LogP contribution in [0.2, 0.25) is 0 Å². The number of benzene rings is 1. The summed E-state index contributed by atoms with van der Waals surface area (Å²) < 4.78 is 15.0. The van der Waals surface area contributed by atoms with E-state index in [9.17, 15) is 19.8 Å². The van der Waals surface area contributed by atoms with Crippen LogP contribution in [0, 0.1) is 12.3 Å². The summed E-state index contributed by atoms with van der Waals surface area (Å²) >= 11 is 0. The summed E-state index contributed by atoms with van der Waals surface area (Å²) in [6.07, 6.45) is 2.34. The Balaban J connectivity index is 2.35. The van der Waals surface area contributed by atoms with Crippen LogP contribution in [0.3, 0.4) is 0 Å². The van der Waals surface area contributed by atoms with E-state index in [0.717, 1.165) is 6.92 Å². The van der Waals surface area contributed by atoms with E-state index >= 15 is 0 Å². The van der Waals surface area contributed by atoms with Crippen LogP contribution in [0.15, 0.2) is 18.2 Å². The fourth-order valence-corrected chi connectivity index (χ4v) is 2.07. The zero-order valence-corrected chi connectivity index (χ0v) is 11.9. The van der Waals surface area contributed by atoms with Gasteiger partial charge < -0.3 is 24.4 Å². The largest absolute Gasteiger partial charge is 0.496 e. The monoisotopic (exact) mass is 306 g/mol. The lowest BCUT2D eigenvalue weighted by Gasteiger charge is -2.20. The molecule has 0 radical (unpaired) electrons. The topological polar surface area (TPSA) is 102 Å². The predicted molar refractivity (Wildman–Crippen MR) is 72.9 cm³/mol. The Bertz CT molecular complexity index is 656. The van der Waals surface area contributed by atoms with Crippen molar-refractivity contribution in [3.05, 3.63) is 23.8 Å². The lowest BCUT2D eigenvalue weighted by Crippen LogP contribution is -2.41. The Hall–Kier alpha value is -2.56. The van der Waals surface area contributed by atoms with Crippen LogP contribution in [-0.2, 0) is 14.3 Å². The highest BCUT2D eigenvalue weighted by Gasteiger charge is 2.53. The van der Waals surface area contributed by atoms with Crippen LogP contribution in [0.4, 0.5) is 0 Å². The molecule has 1 heterocycles. The highest BCUT2D eigenvalue weighted by molar-refractivity contribution is 5.89. The molecule has 0 bridgehead atoms. The molecule has 7 heteroatoms. The van der Waals surface area contributed by atoms with Crippen LogP contribution in [0.5, 0.6) is 11.5 Å². The number of carbonyl (C=O) groups excluding carboxylic acids is 2. The van der Waals surface area contributed by atoms with Crippen molar-refractivity contribution in [1.29, 1.82) is 0 Å². The summed E-state index contributed by atoms with van der Waals surface area (Å²) in [5.74, 6) is 0.333.